The first-order valence-electron chi connectivity index (χ1n) is 8.15. The molecular weight excluding hydrogens is 398 g/mol. The van der Waals surface area contributed by atoms with Crippen LogP contribution in [0.15, 0.2) is 53.0 Å². The van der Waals surface area contributed by atoms with Gasteiger partial charge in [0.15, 0.2) is 0 Å². The lowest BCUT2D eigenvalue weighted by molar-refractivity contribution is -0.118. The monoisotopic (exact) mass is 415 g/mol. The molecule has 0 unspecified atom stereocenters. The highest BCUT2D eigenvalue weighted by Crippen LogP contribution is 2.49. The summed E-state index contributed by atoms with van der Waals surface area (Å²) in [7, 11) is 0. The number of amides is 3. The lowest BCUT2D eigenvalue weighted by Crippen LogP contribution is -2.33. The Bertz CT molecular complexity index is 861. The molecule has 0 saturated heterocycles. The fourth-order valence-electron chi connectivity index (χ4n) is 2.80. The van der Waals surface area contributed by atoms with Crippen LogP contribution in [0, 0.1) is 0 Å². The molecule has 4 N–H and O–H groups in total. The molecule has 1 fully saturated rings. The van der Waals surface area contributed by atoms with Crippen LogP contribution < -0.4 is 16.4 Å². The van der Waals surface area contributed by atoms with E-state index < -0.39 is 17.2 Å². The zero-order valence-electron chi connectivity index (χ0n) is 13.9. The van der Waals surface area contributed by atoms with Crippen molar-refractivity contribution in [2.45, 2.75) is 18.3 Å². The summed E-state index contributed by atoms with van der Waals surface area (Å²) in [5.74, 6) is -1.13. The highest BCUT2D eigenvalue weighted by Gasteiger charge is 2.51. The largest absolute Gasteiger partial charge is 0.368 e. The van der Waals surface area contributed by atoms with Crippen LogP contribution in [-0.4, -0.2) is 24.3 Å². The normalized spacial score (nSPS) is 14.3. The summed E-state index contributed by atoms with van der Waals surface area (Å²) < 4.78 is 0.965. The van der Waals surface area contributed by atoms with Gasteiger partial charge >= 0.3 is 0 Å². The smallest absolute Gasteiger partial charge is 0.251 e. The highest BCUT2D eigenvalue weighted by atomic mass is 79.9. The number of hydrogen-bond donors (Lipinski definition) is 3. The van der Waals surface area contributed by atoms with Crippen molar-refractivity contribution in [3.8, 4) is 0 Å². The number of benzene rings is 2. The lowest BCUT2D eigenvalue weighted by atomic mass is 9.95. The number of hydrogen-bond acceptors (Lipinski definition) is 3. The van der Waals surface area contributed by atoms with Gasteiger partial charge in [0.05, 0.1) is 12.0 Å². The van der Waals surface area contributed by atoms with Crippen molar-refractivity contribution < 1.29 is 14.4 Å². The minimum absolute atomic E-state index is 0.0884. The van der Waals surface area contributed by atoms with E-state index in [4.69, 9.17) is 5.73 Å². The molecule has 0 aromatic heterocycles. The first-order chi connectivity index (χ1) is 12.4. The minimum atomic E-state index is -0.618. The number of nitrogens with two attached hydrogens (primary N) is 1. The van der Waals surface area contributed by atoms with Crippen LogP contribution in [0.1, 0.15) is 28.8 Å². The molecule has 0 heterocycles. The Morgan fingerprint density at radius 3 is 2.38 bits per heavy atom. The minimum Gasteiger partial charge on any atom is -0.368 e. The maximum Gasteiger partial charge on any atom is 0.251 e. The number of primary amides is 1. The Balaban J connectivity index is 1.72. The van der Waals surface area contributed by atoms with E-state index in [1.165, 1.54) is 0 Å². The molecule has 0 radical (unpaired) electrons. The molecule has 26 heavy (non-hydrogen) atoms. The SMILES string of the molecule is NC(=O)CNC(=O)c1cccc(NC(=O)C2(c3ccc(Br)cc3)CC2)c1. The van der Waals surface area contributed by atoms with E-state index in [1.54, 1.807) is 24.3 Å². The van der Waals surface area contributed by atoms with Crippen LogP contribution >= 0.6 is 15.9 Å². The predicted octanol–water partition coefficient (Wildman–Crippen LogP) is 2.33. The summed E-state index contributed by atoms with van der Waals surface area (Å²) in [6, 6.07) is 14.3. The van der Waals surface area contributed by atoms with Crippen molar-refractivity contribution in [3.63, 3.8) is 0 Å². The zero-order valence-corrected chi connectivity index (χ0v) is 15.5. The standard InChI is InChI=1S/C19H18BrN3O3/c20-14-6-4-13(5-7-14)19(8-9-19)18(26)23-15-3-1-2-12(10-15)17(25)22-11-16(21)24/h1-7,10H,8-9,11H2,(H2,21,24)(H,22,25)(H,23,26). The van der Waals surface area contributed by atoms with Gasteiger partial charge < -0.3 is 16.4 Å². The van der Waals surface area contributed by atoms with E-state index in [9.17, 15) is 14.4 Å². The van der Waals surface area contributed by atoms with Crippen molar-refractivity contribution in [1.82, 2.24) is 5.32 Å². The van der Waals surface area contributed by atoms with Crippen molar-refractivity contribution >= 4 is 39.3 Å². The van der Waals surface area contributed by atoms with Crippen molar-refractivity contribution in [2.24, 2.45) is 5.73 Å². The van der Waals surface area contributed by atoms with Crippen molar-refractivity contribution in [1.29, 1.82) is 0 Å². The Hall–Kier alpha value is -2.67. The Morgan fingerprint density at radius 1 is 1.08 bits per heavy atom. The van der Waals surface area contributed by atoms with E-state index in [0.717, 1.165) is 22.9 Å². The van der Waals surface area contributed by atoms with Gasteiger partial charge in [-0.05, 0) is 48.7 Å². The van der Waals surface area contributed by atoms with Gasteiger partial charge in [-0.25, -0.2) is 0 Å². The van der Waals surface area contributed by atoms with Crippen LogP contribution in [0.2, 0.25) is 0 Å². The molecule has 0 atom stereocenters. The van der Waals surface area contributed by atoms with Crippen LogP contribution in [0.3, 0.4) is 0 Å². The fraction of sp³-hybridized carbons (Fsp3) is 0.211. The number of anilines is 1. The van der Waals surface area contributed by atoms with E-state index >= 15 is 0 Å². The quantitative estimate of drug-likeness (QED) is 0.674. The zero-order chi connectivity index (χ0) is 18.7. The molecule has 134 valence electrons. The van der Waals surface area contributed by atoms with E-state index in [-0.39, 0.29) is 12.5 Å². The van der Waals surface area contributed by atoms with Gasteiger partial charge in [-0.15, -0.1) is 0 Å². The molecule has 0 bridgehead atoms. The van der Waals surface area contributed by atoms with Crippen LogP contribution in [0.5, 0.6) is 0 Å². The second kappa shape index (κ2) is 7.29. The Labute approximate surface area is 159 Å². The molecule has 1 aliphatic carbocycles. The summed E-state index contributed by atoms with van der Waals surface area (Å²) in [6.07, 6.45) is 1.58. The Morgan fingerprint density at radius 2 is 1.77 bits per heavy atom. The third-order valence-corrected chi connectivity index (χ3v) is 4.92. The average Bonchev–Trinajstić information content (AvgIpc) is 3.42. The summed E-state index contributed by atoms with van der Waals surface area (Å²) in [5, 5.41) is 5.32. The number of nitrogens with one attached hydrogen (secondary N) is 2. The number of carbonyl (C=O) groups excluding carboxylic acids is 3. The molecule has 1 aliphatic rings. The molecule has 7 heteroatoms. The topological polar surface area (TPSA) is 101 Å². The van der Waals surface area contributed by atoms with E-state index in [1.807, 2.05) is 24.3 Å². The summed E-state index contributed by atoms with van der Waals surface area (Å²) in [6.45, 7) is -0.234. The Kier molecular flexibility index (Phi) is 5.08. The number of halogens is 1. The van der Waals surface area contributed by atoms with Crippen molar-refractivity contribution in [2.75, 3.05) is 11.9 Å². The molecule has 3 rings (SSSR count). The van der Waals surface area contributed by atoms with E-state index in [0.29, 0.717) is 11.3 Å². The van der Waals surface area contributed by atoms with Gasteiger partial charge in [-0.2, -0.15) is 0 Å². The van der Waals surface area contributed by atoms with Gasteiger partial charge in [-0.3, -0.25) is 14.4 Å². The van der Waals surface area contributed by atoms with E-state index in [2.05, 4.69) is 26.6 Å². The highest BCUT2D eigenvalue weighted by molar-refractivity contribution is 9.10. The third-order valence-electron chi connectivity index (χ3n) is 4.39. The second-order valence-corrected chi connectivity index (χ2v) is 7.19. The van der Waals surface area contributed by atoms with Crippen LogP contribution in [0.4, 0.5) is 5.69 Å². The van der Waals surface area contributed by atoms with Gasteiger partial charge in [-0.1, -0.05) is 34.1 Å². The average molecular weight is 416 g/mol. The molecule has 0 spiro atoms. The molecule has 2 aromatic rings. The molecule has 1 saturated carbocycles. The predicted molar refractivity (Wildman–Crippen MR) is 102 cm³/mol. The van der Waals surface area contributed by atoms with Gasteiger partial charge in [0.1, 0.15) is 0 Å². The maximum absolute atomic E-state index is 12.8. The molecular formula is C19H18BrN3O3. The second-order valence-electron chi connectivity index (χ2n) is 6.27. The summed E-state index contributed by atoms with van der Waals surface area (Å²) >= 11 is 3.40. The van der Waals surface area contributed by atoms with Gasteiger partial charge in [0.2, 0.25) is 11.8 Å². The number of rotatable bonds is 6. The van der Waals surface area contributed by atoms with Crippen molar-refractivity contribution in [3.05, 3.63) is 64.1 Å². The summed E-state index contributed by atoms with van der Waals surface area (Å²) in [5.41, 5.74) is 6.37. The molecule has 0 aliphatic heterocycles. The first kappa shape index (κ1) is 18.1. The molecule has 2 aromatic carbocycles. The lowest BCUT2D eigenvalue weighted by Gasteiger charge is -2.16. The summed E-state index contributed by atoms with van der Waals surface area (Å²) in [4.78, 5) is 35.6. The first-order valence-corrected chi connectivity index (χ1v) is 8.94. The third kappa shape index (κ3) is 3.94. The van der Waals surface area contributed by atoms with Gasteiger partial charge in [0, 0.05) is 15.7 Å². The number of carbonyl (C=O) groups is 3. The fourth-order valence-corrected chi connectivity index (χ4v) is 3.06. The maximum atomic E-state index is 12.8. The van der Waals surface area contributed by atoms with Gasteiger partial charge in [0.25, 0.3) is 5.91 Å². The molecule has 3 amide bonds. The van der Waals surface area contributed by atoms with Crippen LogP contribution in [0.25, 0.3) is 0 Å². The van der Waals surface area contributed by atoms with Crippen LogP contribution in [-0.2, 0) is 15.0 Å². The molecule has 6 nitrogen and oxygen atoms in total.